The van der Waals surface area contributed by atoms with Crippen LogP contribution in [-0.4, -0.2) is 55.9 Å². The summed E-state index contributed by atoms with van der Waals surface area (Å²) in [6.07, 6.45) is 0. The molecule has 2 heterocycles. The molecule has 31 heavy (non-hydrogen) atoms. The van der Waals surface area contributed by atoms with E-state index in [9.17, 15) is 8.42 Å². The van der Waals surface area contributed by atoms with Crippen molar-refractivity contribution in [1.29, 1.82) is 0 Å². The van der Waals surface area contributed by atoms with Gasteiger partial charge in [-0.25, -0.2) is 13.4 Å². The highest BCUT2D eigenvalue weighted by atomic mass is 35.5. The van der Waals surface area contributed by atoms with E-state index in [-0.39, 0.29) is 4.90 Å². The second kappa shape index (κ2) is 9.00. The highest BCUT2D eigenvalue weighted by molar-refractivity contribution is 7.89. The van der Waals surface area contributed by atoms with Gasteiger partial charge >= 0.3 is 0 Å². The standard InChI is InChI=1S/C22H24ClN3O4S/c1-16-21(24-22(30-16)17-3-7-19(29-2)8-4-17)15-25-11-13-26(14-12-25)31(27,28)20-9-5-18(23)6-10-20/h3-10H,11-15H2,1-2H3. The van der Waals surface area contributed by atoms with E-state index in [0.717, 1.165) is 22.8 Å². The number of nitrogens with zero attached hydrogens (tertiary/aromatic N) is 3. The summed E-state index contributed by atoms with van der Waals surface area (Å²) in [6.45, 7) is 4.60. The minimum Gasteiger partial charge on any atom is -0.497 e. The van der Waals surface area contributed by atoms with E-state index < -0.39 is 10.0 Å². The van der Waals surface area contributed by atoms with Crippen molar-refractivity contribution in [2.45, 2.75) is 18.4 Å². The van der Waals surface area contributed by atoms with Crippen LogP contribution in [0.3, 0.4) is 0 Å². The molecule has 3 aromatic rings. The molecule has 164 valence electrons. The van der Waals surface area contributed by atoms with Crippen LogP contribution < -0.4 is 4.74 Å². The number of sulfonamides is 1. The lowest BCUT2D eigenvalue weighted by Crippen LogP contribution is -2.48. The number of oxazole rings is 1. The number of aromatic nitrogens is 1. The third-order valence-electron chi connectivity index (χ3n) is 5.39. The van der Waals surface area contributed by atoms with Crippen LogP contribution in [0.1, 0.15) is 11.5 Å². The SMILES string of the molecule is COc1ccc(-c2nc(CN3CCN(S(=O)(=O)c4ccc(Cl)cc4)CC3)c(C)o2)cc1. The van der Waals surface area contributed by atoms with Crippen LogP contribution in [-0.2, 0) is 16.6 Å². The fourth-order valence-corrected chi connectivity index (χ4v) is 5.08. The number of aryl methyl sites for hydroxylation is 1. The van der Waals surface area contributed by atoms with Gasteiger partial charge in [0, 0.05) is 43.3 Å². The molecule has 0 spiro atoms. The Balaban J connectivity index is 1.40. The number of hydrogen-bond donors (Lipinski definition) is 0. The summed E-state index contributed by atoms with van der Waals surface area (Å²) in [4.78, 5) is 7.12. The first-order valence-electron chi connectivity index (χ1n) is 9.95. The Morgan fingerprint density at radius 1 is 1.03 bits per heavy atom. The molecule has 1 aromatic heterocycles. The van der Waals surface area contributed by atoms with Crippen LogP contribution in [0.4, 0.5) is 0 Å². The van der Waals surface area contributed by atoms with Gasteiger partial charge in [0.25, 0.3) is 0 Å². The van der Waals surface area contributed by atoms with Gasteiger partial charge in [0.2, 0.25) is 15.9 Å². The van der Waals surface area contributed by atoms with Crippen molar-refractivity contribution in [3.8, 4) is 17.2 Å². The maximum atomic E-state index is 12.9. The van der Waals surface area contributed by atoms with E-state index in [4.69, 9.17) is 20.8 Å². The number of ether oxygens (including phenoxy) is 1. The second-order valence-electron chi connectivity index (χ2n) is 7.38. The monoisotopic (exact) mass is 461 g/mol. The molecule has 2 aromatic carbocycles. The van der Waals surface area contributed by atoms with Crippen molar-refractivity contribution in [2.24, 2.45) is 0 Å². The van der Waals surface area contributed by atoms with Crippen LogP contribution in [0.15, 0.2) is 57.8 Å². The highest BCUT2D eigenvalue weighted by Crippen LogP contribution is 2.25. The number of rotatable bonds is 6. The molecule has 1 saturated heterocycles. The van der Waals surface area contributed by atoms with Gasteiger partial charge in [-0.3, -0.25) is 4.90 Å². The van der Waals surface area contributed by atoms with Gasteiger partial charge in [-0.1, -0.05) is 11.6 Å². The zero-order valence-corrected chi connectivity index (χ0v) is 19.0. The molecule has 0 amide bonds. The molecule has 9 heteroatoms. The summed E-state index contributed by atoms with van der Waals surface area (Å²) < 4.78 is 38.3. The lowest BCUT2D eigenvalue weighted by Gasteiger charge is -2.33. The molecule has 7 nitrogen and oxygen atoms in total. The van der Waals surface area contributed by atoms with E-state index in [1.165, 1.54) is 4.31 Å². The summed E-state index contributed by atoms with van der Waals surface area (Å²) in [6, 6.07) is 13.8. The lowest BCUT2D eigenvalue weighted by atomic mass is 10.2. The van der Waals surface area contributed by atoms with Gasteiger partial charge in [0.15, 0.2) is 0 Å². The Labute approximate surface area is 187 Å². The number of halogens is 1. The normalized spacial score (nSPS) is 15.8. The van der Waals surface area contributed by atoms with Crippen molar-refractivity contribution in [3.05, 3.63) is 65.0 Å². The summed E-state index contributed by atoms with van der Waals surface area (Å²) >= 11 is 5.88. The third kappa shape index (κ3) is 4.77. The topological polar surface area (TPSA) is 75.9 Å². The Morgan fingerprint density at radius 2 is 1.68 bits per heavy atom. The van der Waals surface area contributed by atoms with Crippen molar-refractivity contribution in [3.63, 3.8) is 0 Å². The van der Waals surface area contributed by atoms with Gasteiger partial charge in [-0.05, 0) is 55.5 Å². The van der Waals surface area contributed by atoms with Crippen LogP contribution in [0.25, 0.3) is 11.5 Å². The Kier molecular flexibility index (Phi) is 6.34. The molecule has 0 aliphatic carbocycles. The van der Waals surface area contributed by atoms with E-state index in [2.05, 4.69) is 9.88 Å². The Morgan fingerprint density at radius 3 is 2.29 bits per heavy atom. The molecule has 1 fully saturated rings. The largest absolute Gasteiger partial charge is 0.497 e. The minimum absolute atomic E-state index is 0.266. The zero-order chi connectivity index (χ0) is 22.0. The van der Waals surface area contributed by atoms with Gasteiger partial charge in [0.1, 0.15) is 11.5 Å². The second-order valence-corrected chi connectivity index (χ2v) is 9.76. The average Bonchev–Trinajstić information content (AvgIpc) is 3.14. The molecule has 0 atom stereocenters. The predicted molar refractivity (Wildman–Crippen MR) is 119 cm³/mol. The van der Waals surface area contributed by atoms with Crippen molar-refractivity contribution < 1.29 is 17.6 Å². The van der Waals surface area contributed by atoms with Crippen LogP contribution in [0.2, 0.25) is 5.02 Å². The summed E-state index contributed by atoms with van der Waals surface area (Å²) in [5, 5.41) is 0.515. The fourth-order valence-electron chi connectivity index (χ4n) is 3.53. The maximum absolute atomic E-state index is 12.9. The molecule has 0 saturated carbocycles. The van der Waals surface area contributed by atoms with Crippen molar-refractivity contribution >= 4 is 21.6 Å². The molecule has 0 bridgehead atoms. The van der Waals surface area contributed by atoms with Crippen LogP contribution >= 0.6 is 11.6 Å². The van der Waals surface area contributed by atoms with Crippen molar-refractivity contribution in [1.82, 2.24) is 14.2 Å². The van der Waals surface area contributed by atoms with E-state index in [0.29, 0.717) is 43.6 Å². The zero-order valence-electron chi connectivity index (χ0n) is 17.4. The molecule has 1 aliphatic rings. The summed E-state index contributed by atoms with van der Waals surface area (Å²) in [5.74, 6) is 2.11. The highest BCUT2D eigenvalue weighted by Gasteiger charge is 2.29. The quantitative estimate of drug-likeness (QED) is 0.555. The van der Waals surface area contributed by atoms with Crippen LogP contribution in [0, 0.1) is 6.92 Å². The first kappa shape index (κ1) is 21.8. The first-order valence-corrected chi connectivity index (χ1v) is 11.8. The molecular weight excluding hydrogens is 438 g/mol. The number of hydrogen-bond acceptors (Lipinski definition) is 6. The lowest BCUT2D eigenvalue weighted by molar-refractivity contribution is 0.179. The number of piperazine rings is 1. The average molecular weight is 462 g/mol. The molecule has 4 rings (SSSR count). The van der Waals surface area contributed by atoms with Gasteiger partial charge in [-0.15, -0.1) is 0 Å². The minimum atomic E-state index is -3.52. The number of benzene rings is 2. The molecule has 0 unspecified atom stereocenters. The molecule has 0 radical (unpaired) electrons. The van der Waals surface area contributed by atoms with Crippen LogP contribution in [0.5, 0.6) is 5.75 Å². The summed E-state index contributed by atoms with van der Waals surface area (Å²) in [5.41, 5.74) is 1.74. The van der Waals surface area contributed by atoms with Crippen molar-refractivity contribution in [2.75, 3.05) is 33.3 Å². The van der Waals surface area contributed by atoms with E-state index in [1.807, 2.05) is 31.2 Å². The molecule has 1 aliphatic heterocycles. The van der Waals surface area contributed by atoms with Gasteiger partial charge in [0.05, 0.1) is 17.7 Å². The fraction of sp³-hybridized carbons (Fsp3) is 0.318. The molecular formula is C22H24ClN3O4S. The predicted octanol–water partition coefficient (Wildman–Crippen LogP) is 3.82. The Bertz CT molecular complexity index is 1140. The van der Waals surface area contributed by atoms with Gasteiger partial charge < -0.3 is 9.15 Å². The Hall–Kier alpha value is -2.39. The smallest absolute Gasteiger partial charge is 0.243 e. The third-order valence-corrected chi connectivity index (χ3v) is 7.55. The number of methoxy groups -OCH3 is 1. The molecule has 0 N–H and O–H groups in total. The van der Waals surface area contributed by atoms with Gasteiger partial charge in [-0.2, -0.15) is 4.31 Å². The maximum Gasteiger partial charge on any atom is 0.243 e. The van der Waals surface area contributed by atoms with E-state index in [1.54, 1.807) is 31.4 Å². The van der Waals surface area contributed by atoms with E-state index >= 15 is 0 Å². The summed E-state index contributed by atoms with van der Waals surface area (Å²) in [7, 11) is -1.89. The first-order chi connectivity index (χ1) is 14.9.